The summed E-state index contributed by atoms with van der Waals surface area (Å²) in [6.45, 7) is 2.23. The van der Waals surface area contributed by atoms with E-state index in [9.17, 15) is 14.7 Å². The Balaban J connectivity index is 1.36. The quantitative estimate of drug-likeness (QED) is 0.266. The second-order valence-corrected chi connectivity index (χ2v) is 7.75. The first-order valence-corrected chi connectivity index (χ1v) is 11.3. The van der Waals surface area contributed by atoms with E-state index in [1.54, 1.807) is 54.6 Å². The highest BCUT2D eigenvalue weighted by atomic mass is 16.5. The number of nitrogens with zero attached hydrogens (tertiary/aromatic N) is 1. The van der Waals surface area contributed by atoms with Crippen molar-refractivity contribution >= 4 is 23.3 Å². The smallest absolute Gasteiger partial charge is 0.337 e. The zero-order valence-electron chi connectivity index (χ0n) is 19.7. The Morgan fingerprint density at radius 2 is 1.17 bits per heavy atom. The van der Waals surface area contributed by atoms with E-state index < -0.39 is 5.97 Å². The number of aromatic carboxylic acids is 1. The Kier molecular flexibility index (Phi) is 7.83. The van der Waals surface area contributed by atoms with E-state index >= 15 is 0 Å². The van der Waals surface area contributed by atoms with Crippen LogP contribution in [-0.4, -0.2) is 30.2 Å². The van der Waals surface area contributed by atoms with Crippen molar-refractivity contribution in [2.45, 2.75) is 6.92 Å². The number of anilines is 2. The van der Waals surface area contributed by atoms with E-state index in [1.165, 1.54) is 17.9 Å². The number of benzene rings is 4. The fraction of sp³-hybridized carbons (Fsp3) is 0.103. The molecule has 0 radical (unpaired) electrons. The fourth-order valence-electron chi connectivity index (χ4n) is 3.58. The van der Waals surface area contributed by atoms with Gasteiger partial charge in [-0.2, -0.15) is 0 Å². The highest BCUT2D eigenvalue weighted by Crippen LogP contribution is 2.31. The lowest BCUT2D eigenvalue weighted by Gasteiger charge is -2.23. The van der Waals surface area contributed by atoms with Gasteiger partial charge in [0.25, 0.3) is 0 Å². The van der Waals surface area contributed by atoms with Gasteiger partial charge in [-0.25, -0.2) is 4.79 Å². The fourth-order valence-corrected chi connectivity index (χ4v) is 3.58. The summed E-state index contributed by atoms with van der Waals surface area (Å²) in [5, 5.41) is 9.51. The van der Waals surface area contributed by atoms with Crippen molar-refractivity contribution < 1.29 is 28.9 Å². The molecular formula is C29H25NO6. The maximum atomic E-state index is 12.4. The Bertz CT molecular complexity index is 1300. The number of ether oxygens (including phenoxy) is 3. The summed E-state index contributed by atoms with van der Waals surface area (Å²) in [4.78, 5) is 25.4. The van der Waals surface area contributed by atoms with E-state index in [0.717, 1.165) is 5.75 Å². The Labute approximate surface area is 209 Å². The Hall–Kier alpha value is -4.78. The predicted molar refractivity (Wildman–Crippen MR) is 137 cm³/mol. The minimum Gasteiger partial charge on any atom is -0.490 e. The van der Waals surface area contributed by atoms with Crippen LogP contribution in [0.25, 0.3) is 0 Å². The highest BCUT2D eigenvalue weighted by Gasteiger charge is 2.20. The molecule has 4 aromatic rings. The zero-order chi connectivity index (χ0) is 25.3. The average molecular weight is 484 g/mol. The van der Waals surface area contributed by atoms with Gasteiger partial charge in [0, 0.05) is 12.6 Å². The van der Waals surface area contributed by atoms with E-state index in [2.05, 4.69) is 0 Å². The Morgan fingerprint density at radius 3 is 1.75 bits per heavy atom. The number of carboxylic acid groups (broad SMARTS) is 1. The number of rotatable bonds is 10. The number of hydrogen-bond acceptors (Lipinski definition) is 5. The average Bonchev–Trinajstić information content (AvgIpc) is 2.89. The molecule has 0 aliphatic rings. The number of amides is 1. The minimum atomic E-state index is -1.10. The van der Waals surface area contributed by atoms with Crippen LogP contribution in [0.1, 0.15) is 17.3 Å². The van der Waals surface area contributed by atoms with Crippen molar-refractivity contribution in [2.75, 3.05) is 18.1 Å². The van der Waals surface area contributed by atoms with Gasteiger partial charge >= 0.3 is 5.97 Å². The molecule has 0 spiro atoms. The van der Waals surface area contributed by atoms with Gasteiger partial charge in [0.15, 0.2) is 0 Å². The highest BCUT2D eigenvalue weighted by molar-refractivity contribution is 6.05. The van der Waals surface area contributed by atoms with E-state index in [1.807, 2.05) is 42.5 Å². The summed E-state index contributed by atoms with van der Waals surface area (Å²) in [6, 6.07) is 30.0. The van der Waals surface area contributed by atoms with Crippen LogP contribution in [0.3, 0.4) is 0 Å². The lowest BCUT2D eigenvalue weighted by atomic mass is 10.1. The summed E-state index contributed by atoms with van der Waals surface area (Å²) in [7, 11) is 0. The van der Waals surface area contributed by atoms with Gasteiger partial charge < -0.3 is 19.3 Å². The van der Waals surface area contributed by atoms with Crippen molar-refractivity contribution in [1.82, 2.24) is 0 Å². The van der Waals surface area contributed by atoms with E-state index in [-0.39, 0.29) is 11.5 Å². The molecular weight excluding hydrogens is 458 g/mol. The topological polar surface area (TPSA) is 85.3 Å². The number of carboxylic acids is 1. The van der Waals surface area contributed by atoms with E-state index in [4.69, 9.17) is 14.2 Å². The van der Waals surface area contributed by atoms with Crippen molar-refractivity contribution in [1.29, 1.82) is 0 Å². The van der Waals surface area contributed by atoms with Crippen LogP contribution in [0.2, 0.25) is 0 Å². The maximum Gasteiger partial charge on any atom is 0.337 e. The van der Waals surface area contributed by atoms with Crippen LogP contribution in [0.15, 0.2) is 103 Å². The van der Waals surface area contributed by atoms with Gasteiger partial charge in [-0.3, -0.25) is 9.69 Å². The first kappa shape index (κ1) is 24.3. The third-order valence-electron chi connectivity index (χ3n) is 5.21. The van der Waals surface area contributed by atoms with Crippen molar-refractivity contribution in [3.63, 3.8) is 0 Å². The number of carbonyl (C=O) groups is 2. The second kappa shape index (κ2) is 11.6. The molecule has 0 fully saturated rings. The Morgan fingerprint density at radius 1 is 0.667 bits per heavy atom. The van der Waals surface area contributed by atoms with Gasteiger partial charge in [0.2, 0.25) is 5.91 Å². The standard InChI is InChI=1S/C29H25NO6/c1-21(31)30(28-10-6-5-9-27(28)29(32)33)22-11-13-25(14-12-22)36-26-17-15-24(16-18-26)35-20-19-34-23-7-3-2-4-8-23/h2-18H,19-20H2,1H3,(H,32,33). The molecule has 4 rings (SSSR count). The third kappa shape index (κ3) is 6.21. The molecule has 0 aromatic heterocycles. The van der Waals surface area contributed by atoms with Crippen LogP contribution < -0.4 is 19.1 Å². The lowest BCUT2D eigenvalue weighted by Crippen LogP contribution is -2.24. The molecule has 0 saturated carbocycles. The van der Waals surface area contributed by atoms with Gasteiger partial charge in [-0.15, -0.1) is 0 Å². The van der Waals surface area contributed by atoms with Gasteiger partial charge in [-0.1, -0.05) is 30.3 Å². The molecule has 0 unspecified atom stereocenters. The molecule has 1 amide bonds. The first-order chi connectivity index (χ1) is 17.5. The summed E-state index contributed by atoms with van der Waals surface area (Å²) >= 11 is 0. The summed E-state index contributed by atoms with van der Waals surface area (Å²) in [6.07, 6.45) is 0. The zero-order valence-corrected chi connectivity index (χ0v) is 19.7. The van der Waals surface area contributed by atoms with Crippen molar-refractivity contribution in [3.8, 4) is 23.0 Å². The molecule has 4 aromatic carbocycles. The molecule has 0 aliphatic heterocycles. The monoisotopic (exact) mass is 483 g/mol. The molecule has 7 nitrogen and oxygen atoms in total. The van der Waals surface area contributed by atoms with Crippen LogP contribution in [0.4, 0.5) is 11.4 Å². The largest absolute Gasteiger partial charge is 0.490 e. The van der Waals surface area contributed by atoms with Crippen molar-refractivity contribution in [2.24, 2.45) is 0 Å². The number of hydrogen-bond donors (Lipinski definition) is 1. The van der Waals surface area contributed by atoms with E-state index in [0.29, 0.717) is 41.8 Å². The van der Waals surface area contributed by atoms with Crippen LogP contribution in [0.5, 0.6) is 23.0 Å². The van der Waals surface area contributed by atoms with Gasteiger partial charge in [0.05, 0.1) is 11.3 Å². The lowest BCUT2D eigenvalue weighted by molar-refractivity contribution is -0.115. The number of carbonyl (C=O) groups excluding carboxylic acids is 1. The summed E-state index contributed by atoms with van der Waals surface area (Å²) < 4.78 is 17.2. The summed E-state index contributed by atoms with van der Waals surface area (Å²) in [5.41, 5.74) is 0.878. The number of para-hydroxylation sites is 2. The molecule has 1 N–H and O–H groups in total. The molecule has 0 heterocycles. The van der Waals surface area contributed by atoms with Crippen LogP contribution in [-0.2, 0) is 4.79 Å². The molecule has 7 heteroatoms. The first-order valence-electron chi connectivity index (χ1n) is 11.3. The van der Waals surface area contributed by atoms with Crippen LogP contribution in [0, 0.1) is 0 Å². The summed E-state index contributed by atoms with van der Waals surface area (Å²) in [5.74, 6) is 1.28. The van der Waals surface area contributed by atoms with Crippen LogP contribution >= 0.6 is 0 Å². The second-order valence-electron chi connectivity index (χ2n) is 7.75. The van der Waals surface area contributed by atoms with Gasteiger partial charge in [-0.05, 0) is 72.8 Å². The molecule has 0 saturated heterocycles. The van der Waals surface area contributed by atoms with Crippen molar-refractivity contribution in [3.05, 3.63) is 109 Å². The SMILES string of the molecule is CC(=O)N(c1ccc(Oc2ccc(OCCOc3ccccc3)cc2)cc1)c1ccccc1C(=O)O. The molecule has 0 aliphatic carbocycles. The predicted octanol–water partition coefficient (Wildman–Crippen LogP) is 6.32. The molecule has 0 atom stereocenters. The third-order valence-corrected chi connectivity index (χ3v) is 5.21. The minimum absolute atomic E-state index is 0.0435. The normalized spacial score (nSPS) is 10.4. The molecule has 182 valence electrons. The maximum absolute atomic E-state index is 12.4. The molecule has 0 bridgehead atoms. The molecule has 36 heavy (non-hydrogen) atoms. The van der Waals surface area contributed by atoms with Gasteiger partial charge in [0.1, 0.15) is 36.2 Å².